The zero-order chi connectivity index (χ0) is 25.3. The number of benzene rings is 2. The molecule has 0 bridgehead atoms. The third kappa shape index (κ3) is 6.58. The molecule has 0 radical (unpaired) electrons. The summed E-state index contributed by atoms with van der Waals surface area (Å²) in [6, 6.07) is 15.6. The van der Waals surface area contributed by atoms with Gasteiger partial charge < -0.3 is 0 Å². The van der Waals surface area contributed by atoms with Crippen molar-refractivity contribution in [2.24, 2.45) is 4.99 Å². The molecule has 0 aliphatic heterocycles. The average molecular weight is 528 g/mol. The molecular formula is C31H26FNS3. The Labute approximate surface area is 226 Å². The van der Waals surface area contributed by atoms with Crippen molar-refractivity contribution in [2.45, 2.75) is 52.4 Å². The Kier molecular flexibility index (Phi) is 9.23. The second kappa shape index (κ2) is 12.8. The van der Waals surface area contributed by atoms with Crippen LogP contribution in [0.5, 0.6) is 0 Å². The molecule has 0 N–H and O–H groups in total. The minimum absolute atomic E-state index is 0.174. The lowest BCUT2D eigenvalue weighted by molar-refractivity contribution is 0.629. The predicted molar refractivity (Wildman–Crippen MR) is 157 cm³/mol. The molecule has 0 aliphatic carbocycles. The quantitative estimate of drug-likeness (QED) is 0.101. The number of thiocarbonyl (C=S) groups is 1. The zero-order valence-electron chi connectivity index (χ0n) is 20.4. The Morgan fingerprint density at radius 2 is 1.61 bits per heavy atom. The SMILES string of the molecule is CCCCC#Cc1cc2sc(-c3ccc(C#Cc4ccc(N=C=S)c(F)c4)cc3CCCC)cc2s1. The molecule has 0 amide bonds. The zero-order valence-corrected chi connectivity index (χ0v) is 22.9. The minimum atomic E-state index is -0.453. The Morgan fingerprint density at radius 3 is 2.33 bits per heavy atom. The number of fused-ring (bicyclic) bond motifs is 1. The van der Waals surface area contributed by atoms with E-state index in [1.807, 2.05) is 11.3 Å². The highest BCUT2D eigenvalue weighted by molar-refractivity contribution is 7.78. The van der Waals surface area contributed by atoms with Gasteiger partial charge in [0.05, 0.1) is 10.0 Å². The fourth-order valence-electron chi connectivity index (χ4n) is 3.80. The summed E-state index contributed by atoms with van der Waals surface area (Å²) in [5.74, 6) is 12.4. The van der Waals surface area contributed by atoms with Gasteiger partial charge in [0.15, 0.2) is 5.82 Å². The van der Waals surface area contributed by atoms with Crippen LogP contribution in [0.15, 0.2) is 53.5 Å². The molecule has 2 aromatic carbocycles. The molecule has 5 heteroatoms. The highest BCUT2D eigenvalue weighted by Crippen LogP contribution is 2.39. The summed E-state index contributed by atoms with van der Waals surface area (Å²) in [7, 11) is 0. The number of halogens is 1. The van der Waals surface area contributed by atoms with Crippen LogP contribution in [0, 0.1) is 29.5 Å². The fourth-order valence-corrected chi connectivity index (χ4v) is 6.23. The molecule has 180 valence electrons. The highest BCUT2D eigenvalue weighted by atomic mass is 32.1. The smallest absolute Gasteiger partial charge is 0.150 e. The molecule has 0 saturated heterocycles. The molecular weight excluding hydrogens is 502 g/mol. The first-order valence-electron chi connectivity index (χ1n) is 12.2. The standard InChI is InChI=1S/C31H26FNS3/c1-3-5-7-8-10-25-19-30-31(35-25)20-29(36-30)26-15-13-22(17-24(26)9-6-4-2)11-12-23-14-16-28(33-21-34)27(32)18-23/h13-20H,3-7,9H2,1-2H3. The van der Waals surface area contributed by atoms with Crippen molar-refractivity contribution in [3.05, 3.63) is 75.9 Å². The van der Waals surface area contributed by atoms with E-state index in [9.17, 15) is 4.39 Å². The lowest BCUT2D eigenvalue weighted by atomic mass is 9.98. The van der Waals surface area contributed by atoms with Crippen LogP contribution < -0.4 is 0 Å². The normalized spacial score (nSPS) is 10.3. The van der Waals surface area contributed by atoms with Crippen molar-refractivity contribution < 1.29 is 4.39 Å². The fraction of sp³-hybridized carbons (Fsp3) is 0.258. The second-order valence-corrected chi connectivity index (χ2v) is 10.8. The van der Waals surface area contributed by atoms with Crippen LogP contribution in [0.4, 0.5) is 10.1 Å². The van der Waals surface area contributed by atoms with Gasteiger partial charge in [-0.25, -0.2) is 4.39 Å². The van der Waals surface area contributed by atoms with Gasteiger partial charge in [0.25, 0.3) is 0 Å². The van der Waals surface area contributed by atoms with E-state index in [0.29, 0.717) is 5.56 Å². The van der Waals surface area contributed by atoms with Crippen molar-refractivity contribution in [3.63, 3.8) is 0 Å². The first-order valence-corrected chi connectivity index (χ1v) is 14.2. The Bertz CT molecular complexity index is 1510. The maximum atomic E-state index is 14.1. The summed E-state index contributed by atoms with van der Waals surface area (Å²) in [5.41, 5.74) is 4.27. The maximum Gasteiger partial charge on any atom is 0.150 e. The summed E-state index contributed by atoms with van der Waals surface area (Å²) < 4.78 is 16.7. The molecule has 2 heterocycles. The van der Waals surface area contributed by atoms with Crippen LogP contribution in [-0.2, 0) is 6.42 Å². The van der Waals surface area contributed by atoms with Crippen molar-refractivity contribution in [3.8, 4) is 34.1 Å². The Morgan fingerprint density at radius 1 is 0.861 bits per heavy atom. The number of isothiocyanates is 1. The molecule has 0 fully saturated rings. The summed E-state index contributed by atoms with van der Waals surface area (Å²) in [5, 5.41) is 2.19. The van der Waals surface area contributed by atoms with E-state index in [2.05, 4.69) is 90.2 Å². The van der Waals surface area contributed by atoms with Crippen LogP contribution in [0.2, 0.25) is 0 Å². The van der Waals surface area contributed by atoms with Gasteiger partial charge in [0, 0.05) is 31.8 Å². The van der Waals surface area contributed by atoms with E-state index in [0.717, 1.165) is 42.5 Å². The minimum Gasteiger partial charge on any atom is -0.205 e. The number of nitrogens with zero attached hydrogens (tertiary/aromatic N) is 1. The van der Waals surface area contributed by atoms with Gasteiger partial charge in [0.2, 0.25) is 0 Å². The van der Waals surface area contributed by atoms with Gasteiger partial charge in [-0.3, -0.25) is 0 Å². The summed E-state index contributed by atoms with van der Waals surface area (Å²) >= 11 is 8.16. The molecule has 0 saturated carbocycles. The van der Waals surface area contributed by atoms with Crippen molar-refractivity contribution >= 4 is 55.1 Å². The third-order valence-corrected chi connectivity index (χ3v) is 8.04. The van der Waals surface area contributed by atoms with E-state index >= 15 is 0 Å². The first-order chi connectivity index (χ1) is 17.6. The lowest BCUT2D eigenvalue weighted by Gasteiger charge is -2.08. The van der Waals surface area contributed by atoms with Crippen LogP contribution in [0.3, 0.4) is 0 Å². The number of aryl methyl sites for hydroxylation is 1. The van der Waals surface area contributed by atoms with Gasteiger partial charge in [-0.15, -0.1) is 22.7 Å². The lowest BCUT2D eigenvalue weighted by Crippen LogP contribution is -1.91. The van der Waals surface area contributed by atoms with E-state index in [1.165, 1.54) is 37.9 Å². The predicted octanol–water partition coefficient (Wildman–Crippen LogP) is 9.79. The highest BCUT2D eigenvalue weighted by Gasteiger charge is 2.12. The first kappa shape index (κ1) is 26.0. The number of hydrogen-bond donors (Lipinski definition) is 0. The molecule has 4 rings (SSSR count). The number of rotatable bonds is 7. The number of thiophene rings is 2. The van der Waals surface area contributed by atoms with Crippen molar-refractivity contribution in [1.82, 2.24) is 0 Å². The van der Waals surface area contributed by atoms with Gasteiger partial charge in [-0.2, -0.15) is 4.99 Å². The van der Waals surface area contributed by atoms with E-state index < -0.39 is 5.82 Å². The van der Waals surface area contributed by atoms with E-state index in [4.69, 9.17) is 0 Å². The monoisotopic (exact) mass is 527 g/mol. The second-order valence-electron chi connectivity index (χ2n) is 8.45. The van der Waals surface area contributed by atoms with Crippen molar-refractivity contribution in [1.29, 1.82) is 0 Å². The van der Waals surface area contributed by atoms with Gasteiger partial charge in [0.1, 0.15) is 5.69 Å². The van der Waals surface area contributed by atoms with Crippen molar-refractivity contribution in [2.75, 3.05) is 0 Å². The molecule has 1 nitrogen and oxygen atoms in total. The van der Waals surface area contributed by atoms with Crippen LogP contribution in [0.1, 0.15) is 67.5 Å². The van der Waals surface area contributed by atoms with Crippen LogP contribution in [0.25, 0.3) is 19.8 Å². The van der Waals surface area contributed by atoms with Gasteiger partial charge >= 0.3 is 0 Å². The average Bonchev–Trinajstić information content (AvgIpc) is 3.44. The van der Waals surface area contributed by atoms with Gasteiger partial charge in [-0.1, -0.05) is 56.4 Å². The molecule has 36 heavy (non-hydrogen) atoms. The van der Waals surface area contributed by atoms with E-state index in [-0.39, 0.29) is 5.69 Å². The molecule has 2 aromatic heterocycles. The molecule has 0 unspecified atom stereocenters. The topological polar surface area (TPSA) is 12.4 Å². The van der Waals surface area contributed by atoms with Gasteiger partial charge in [-0.05, 0) is 85.1 Å². The number of unbranched alkanes of at least 4 members (excludes halogenated alkanes) is 3. The van der Waals surface area contributed by atoms with Crippen LogP contribution in [-0.4, -0.2) is 5.16 Å². The number of hydrogen-bond acceptors (Lipinski definition) is 4. The Balaban J connectivity index is 1.60. The summed E-state index contributed by atoms with van der Waals surface area (Å²) in [6.45, 7) is 4.40. The number of aliphatic imine (C=N–C) groups is 1. The molecule has 4 aromatic rings. The molecule has 0 spiro atoms. The molecule has 0 atom stereocenters. The summed E-state index contributed by atoms with van der Waals surface area (Å²) in [4.78, 5) is 6.15. The largest absolute Gasteiger partial charge is 0.205 e. The maximum absolute atomic E-state index is 14.1. The molecule has 0 aliphatic rings. The van der Waals surface area contributed by atoms with Crippen LogP contribution >= 0.6 is 34.9 Å². The Hall–Kier alpha value is -3.05. The van der Waals surface area contributed by atoms with E-state index in [1.54, 1.807) is 23.5 Å². The summed E-state index contributed by atoms with van der Waals surface area (Å²) in [6.07, 6.45) is 6.55. The third-order valence-electron chi connectivity index (χ3n) is 5.71.